The Morgan fingerprint density at radius 3 is 1.86 bits per heavy atom. The van der Waals surface area contributed by atoms with E-state index in [1.165, 1.54) is 32.1 Å². The number of nitrogens with zero attached hydrogens (tertiary/aromatic N) is 1. The van der Waals surface area contributed by atoms with Gasteiger partial charge in [0.1, 0.15) is 0 Å². The highest BCUT2D eigenvalue weighted by atomic mass is 16.2. The zero-order chi connectivity index (χ0) is 15.0. The van der Waals surface area contributed by atoms with Crippen molar-refractivity contribution in [2.75, 3.05) is 13.1 Å². The summed E-state index contributed by atoms with van der Waals surface area (Å²) in [5, 5.41) is 2.39. The van der Waals surface area contributed by atoms with Gasteiger partial charge in [-0.15, -0.1) is 0 Å². The van der Waals surface area contributed by atoms with E-state index < -0.39 is 0 Å². The number of hydrogen-bond acceptors (Lipinski definition) is 3. The predicted octanol–water partition coefficient (Wildman–Crippen LogP) is 0.790. The topological polar surface area (TPSA) is 66.5 Å². The number of rotatable bonds is 1. The van der Waals surface area contributed by atoms with Crippen molar-refractivity contribution in [2.24, 2.45) is 41.4 Å². The molecule has 6 fully saturated rings. The first-order valence-electron chi connectivity index (χ1n) is 8.73. The molecule has 0 aromatic rings. The summed E-state index contributed by atoms with van der Waals surface area (Å²) in [6.45, 7) is 0.897. The van der Waals surface area contributed by atoms with Crippen LogP contribution in [0, 0.1) is 41.4 Å². The number of imide groups is 1. The second kappa shape index (κ2) is 4.33. The summed E-state index contributed by atoms with van der Waals surface area (Å²) in [6, 6.07) is 0. The first kappa shape index (κ1) is 13.1. The molecular formula is C17H22N2O3. The minimum atomic E-state index is -0.298. The number of carbonyl (C=O) groups is 3. The standard InChI is InChI=1S/C17H22N2O3/c20-15-12-6-19(7-13(12)16(21)18-15)17(22)14-10-2-8-1-9(4-10)5-11(14)3-8/h8-14H,1-7H2,(H,18,20,21)/t8?,9?,10?,11?,12-,13+,14?. The van der Waals surface area contributed by atoms with Gasteiger partial charge in [-0.05, 0) is 55.8 Å². The molecule has 0 aromatic heterocycles. The Morgan fingerprint density at radius 2 is 1.36 bits per heavy atom. The van der Waals surface area contributed by atoms with Gasteiger partial charge in [-0.1, -0.05) is 0 Å². The number of hydrogen-bond donors (Lipinski definition) is 1. The van der Waals surface area contributed by atoms with E-state index in [1.807, 2.05) is 4.90 Å². The summed E-state index contributed by atoms with van der Waals surface area (Å²) in [5.74, 6) is 2.29. The molecule has 4 saturated carbocycles. The zero-order valence-corrected chi connectivity index (χ0v) is 12.7. The summed E-state index contributed by atoms with van der Waals surface area (Å²) in [4.78, 5) is 38.5. The van der Waals surface area contributed by atoms with Gasteiger partial charge < -0.3 is 4.90 Å². The third kappa shape index (κ3) is 1.68. The van der Waals surface area contributed by atoms with Crippen LogP contribution in [0.1, 0.15) is 32.1 Å². The number of nitrogens with one attached hydrogen (secondary N) is 1. The maximum atomic E-state index is 13.1. The lowest BCUT2D eigenvalue weighted by atomic mass is 9.51. The molecule has 0 spiro atoms. The van der Waals surface area contributed by atoms with E-state index >= 15 is 0 Å². The summed E-state index contributed by atoms with van der Waals surface area (Å²) in [7, 11) is 0. The van der Waals surface area contributed by atoms with Crippen LogP contribution in [0.2, 0.25) is 0 Å². The van der Waals surface area contributed by atoms with Gasteiger partial charge in [0.05, 0.1) is 11.8 Å². The number of carbonyl (C=O) groups excluding carboxylic acids is 3. The van der Waals surface area contributed by atoms with Crippen LogP contribution in [0.15, 0.2) is 0 Å². The van der Waals surface area contributed by atoms with E-state index in [0.29, 0.717) is 24.9 Å². The summed E-state index contributed by atoms with van der Waals surface area (Å²) in [5.41, 5.74) is 0. The lowest BCUT2D eigenvalue weighted by Gasteiger charge is -2.54. The fourth-order valence-electron chi connectivity index (χ4n) is 6.36. The lowest BCUT2D eigenvalue weighted by molar-refractivity contribution is -0.148. The average molecular weight is 302 g/mol. The second-order valence-corrected chi connectivity index (χ2v) is 8.27. The van der Waals surface area contributed by atoms with Gasteiger partial charge in [-0.2, -0.15) is 0 Å². The predicted molar refractivity (Wildman–Crippen MR) is 77.2 cm³/mol. The summed E-state index contributed by atoms with van der Waals surface area (Å²) in [6.07, 6.45) is 6.29. The third-order valence-corrected chi connectivity index (χ3v) is 7.06. The Labute approximate surface area is 129 Å². The number of fused-ring (bicyclic) bond motifs is 1. The molecule has 1 N–H and O–H groups in total. The van der Waals surface area contributed by atoms with Crippen molar-refractivity contribution < 1.29 is 14.4 Å². The van der Waals surface area contributed by atoms with Crippen LogP contribution < -0.4 is 5.32 Å². The van der Waals surface area contributed by atoms with Crippen molar-refractivity contribution in [3.63, 3.8) is 0 Å². The van der Waals surface area contributed by atoms with E-state index in [2.05, 4.69) is 5.32 Å². The van der Waals surface area contributed by atoms with E-state index in [0.717, 1.165) is 11.8 Å². The Kier molecular flexibility index (Phi) is 2.57. The molecule has 22 heavy (non-hydrogen) atoms. The molecule has 5 nitrogen and oxygen atoms in total. The van der Waals surface area contributed by atoms with Crippen LogP contribution in [-0.4, -0.2) is 35.7 Å². The van der Waals surface area contributed by atoms with Gasteiger partial charge in [-0.25, -0.2) is 0 Å². The molecule has 2 heterocycles. The fraction of sp³-hybridized carbons (Fsp3) is 0.824. The molecule has 3 amide bonds. The number of likely N-dealkylation sites (tertiary alicyclic amines) is 1. The summed E-state index contributed by atoms with van der Waals surface area (Å²) >= 11 is 0. The van der Waals surface area contributed by atoms with E-state index in [-0.39, 0.29) is 35.5 Å². The molecule has 2 atom stereocenters. The van der Waals surface area contributed by atoms with Crippen LogP contribution in [0.25, 0.3) is 0 Å². The van der Waals surface area contributed by atoms with Crippen molar-refractivity contribution >= 4 is 17.7 Å². The van der Waals surface area contributed by atoms with Gasteiger partial charge in [0.25, 0.3) is 0 Å². The van der Waals surface area contributed by atoms with E-state index in [9.17, 15) is 14.4 Å². The highest BCUT2D eigenvalue weighted by Crippen LogP contribution is 2.57. The fourth-order valence-corrected chi connectivity index (χ4v) is 6.36. The van der Waals surface area contributed by atoms with Gasteiger partial charge in [0, 0.05) is 19.0 Å². The Balaban J connectivity index is 1.35. The molecule has 2 saturated heterocycles. The molecular weight excluding hydrogens is 280 g/mol. The largest absolute Gasteiger partial charge is 0.341 e. The molecule has 5 heteroatoms. The highest BCUT2D eigenvalue weighted by molar-refractivity contribution is 6.06. The zero-order valence-electron chi connectivity index (χ0n) is 12.7. The van der Waals surface area contributed by atoms with Crippen LogP contribution in [0.3, 0.4) is 0 Å². The first-order chi connectivity index (χ1) is 10.6. The SMILES string of the molecule is O=C1NC(=O)[C@@H]2CN(C(=O)C3C4CC5CC(C4)CC3C5)C[C@H]12. The van der Waals surface area contributed by atoms with Crippen molar-refractivity contribution in [2.45, 2.75) is 32.1 Å². The van der Waals surface area contributed by atoms with Crippen LogP contribution in [-0.2, 0) is 14.4 Å². The Morgan fingerprint density at radius 1 is 0.864 bits per heavy atom. The molecule has 0 unspecified atom stereocenters. The van der Waals surface area contributed by atoms with Gasteiger partial charge >= 0.3 is 0 Å². The molecule has 4 aliphatic carbocycles. The lowest BCUT2D eigenvalue weighted by Crippen LogP contribution is -2.52. The molecule has 2 aliphatic heterocycles. The van der Waals surface area contributed by atoms with Gasteiger partial charge in [0.15, 0.2) is 0 Å². The van der Waals surface area contributed by atoms with Crippen molar-refractivity contribution in [3.05, 3.63) is 0 Å². The van der Waals surface area contributed by atoms with Gasteiger partial charge in [-0.3, -0.25) is 19.7 Å². The quantitative estimate of drug-likeness (QED) is 0.728. The first-order valence-corrected chi connectivity index (χ1v) is 8.73. The molecule has 4 bridgehead atoms. The van der Waals surface area contributed by atoms with Crippen LogP contribution >= 0.6 is 0 Å². The molecule has 0 radical (unpaired) electrons. The third-order valence-electron chi connectivity index (χ3n) is 7.06. The van der Waals surface area contributed by atoms with E-state index in [4.69, 9.17) is 0 Å². The molecule has 6 aliphatic rings. The highest BCUT2D eigenvalue weighted by Gasteiger charge is 2.54. The second-order valence-electron chi connectivity index (χ2n) is 8.27. The van der Waals surface area contributed by atoms with Crippen molar-refractivity contribution in [3.8, 4) is 0 Å². The van der Waals surface area contributed by atoms with Gasteiger partial charge in [0.2, 0.25) is 17.7 Å². The summed E-state index contributed by atoms with van der Waals surface area (Å²) < 4.78 is 0. The van der Waals surface area contributed by atoms with Crippen LogP contribution in [0.4, 0.5) is 0 Å². The molecule has 6 rings (SSSR count). The Hall–Kier alpha value is -1.39. The number of amides is 3. The molecule has 118 valence electrons. The minimum Gasteiger partial charge on any atom is -0.341 e. The smallest absolute Gasteiger partial charge is 0.232 e. The van der Waals surface area contributed by atoms with E-state index in [1.54, 1.807) is 0 Å². The maximum absolute atomic E-state index is 13.1. The minimum absolute atomic E-state index is 0.171. The van der Waals surface area contributed by atoms with Crippen LogP contribution in [0.5, 0.6) is 0 Å². The average Bonchev–Trinajstić information content (AvgIpc) is 3.00. The normalized spacial score (nSPS) is 48.7. The molecule has 0 aromatic carbocycles. The van der Waals surface area contributed by atoms with Crippen molar-refractivity contribution in [1.29, 1.82) is 0 Å². The maximum Gasteiger partial charge on any atom is 0.232 e. The van der Waals surface area contributed by atoms with Crippen molar-refractivity contribution in [1.82, 2.24) is 10.2 Å². The monoisotopic (exact) mass is 302 g/mol. The Bertz CT molecular complexity index is 522.